The topological polar surface area (TPSA) is 51.1 Å². The molecule has 1 amide bonds. The lowest BCUT2D eigenvalue weighted by atomic mass is 10.3. The molecule has 0 unspecified atom stereocenters. The molecule has 0 spiro atoms. The zero-order valence-electron chi connectivity index (χ0n) is 8.97. The molecule has 0 radical (unpaired) electrons. The fourth-order valence-corrected chi connectivity index (χ4v) is 2.26. The Labute approximate surface area is 102 Å². The van der Waals surface area contributed by atoms with Crippen LogP contribution in [-0.2, 0) is 11.3 Å². The Balaban J connectivity index is 2.25. The van der Waals surface area contributed by atoms with Crippen molar-refractivity contribution in [1.29, 1.82) is 0 Å². The predicted octanol–water partition coefficient (Wildman–Crippen LogP) is 0.812. The SMILES string of the molecule is C#CCNC(=O)Cn1ccc2sccc2c1=O. The van der Waals surface area contributed by atoms with Crippen LogP contribution in [0.4, 0.5) is 0 Å². The number of nitrogens with one attached hydrogen (secondary N) is 1. The molecule has 0 fully saturated rings. The summed E-state index contributed by atoms with van der Waals surface area (Å²) < 4.78 is 2.30. The number of thiophene rings is 1. The third kappa shape index (κ3) is 2.37. The first kappa shape index (κ1) is 11.4. The van der Waals surface area contributed by atoms with Crippen LogP contribution in [0.2, 0.25) is 0 Å². The van der Waals surface area contributed by atoms with E-state index >= 15 is 0 Å². The zero-order chi connectivity index (χ0) is 12.3. The highest BCUT2D eigenvalue weighted by Gasteiger charge is 2.06. The molecule has 0 atom stereocenters. The fourth-order valence-electron chi connectivity index (χ4n) is 1.49. The van der Waals surface area contributed by atoms with E-state index in [1.54, 1.807) is 12.3 Å². The number of fused-ring (bicyclic) bond motifs is 1. The van der Waals surface area contributed by atoms with Gasteiger partial charge < -0.3 is 9.88 Å². The second-order valence-electron chi connectivity index (χ2n) is 3.43. The van der Waals surface area contributed by atoms with Gasteiger partial charge in [-0.3, -0.25) is 9.59 Å². The molecule has 0 aromatic carbocycles. The molecule has 86 valence electrons. The second-order valence-corrected chi connectivity index (χ2v) is 4.38. The van der Waals surface area contributed by atoms with Gasteiger partial charge in [0, 0.05) is 10.9 Å². The van der Waals surface area contributed by atoms with Gasteiger partial charge in [-0.1, -0.05) is 5.92 Å². The Bertz CT molecular complexity index is 648. The van der Waals surface area contributed by atoms with E-state index in [1.807, 2.05) is 11.4 Å². The van der Waals surface area contributed by atoms with E-state index in [9.17, 15) is 9.59 Å². The summed E-state index contributed by atoms with van der Waals surface area (Å²) in [7, 11) is 0. The molecule has 1 N–H and O–H groups in total. The van der Waals surface area contributed by atoms with Gasteiger partial charge in [0.25, 0.3) is 5.56 Å². The first-order valence-electron chi connectivity index (χ1n) is 4.99. The Morgan fingerprint density at radius 1 is 1.53 bits per heavy atom. The van der Waals surface area contributed by atoms with Gasteiger partial charge >= 0.3 is 0 Å². The maximum atomic E-state index is 11.9. The van der Waals surface area contributed by atoms with Gasteiger partial charge in [-0.15, -0.1) is 17.8 Å². The number of amides is 1. The number of rotatable bonds is 3. The maximum Gasteiger partial charge on any atom is 0.259 e. The molecule has 0 saturated carbocycles. The average molecular weight is 246 g/mol. The quantitative estimate of drug-likeness (QED) is 0.815. The minimum Gasteiger partial charge on any atom is -0.344 e. The molecule has 4 nitrogen and oxygen atoms in total. The average Bonchev–Trinajstić information content (AvgIpc) is 2.79. The first-order valence-corrected chi connectivity index (χ1v) is 5.87. The lowest BCUT2D eigenvalue weighted by molar-refractivity contribution is -0.121. The third-order valence-electron chi connectivity index (χ3n) is 2.29. The Morgan fingerprint density at radius 3 is 3.12 bits per heavy atom. The van der Waals surface area contributed by atoms with Crippen molar-refractivity contribution in [1.82, 2.24) is 9.88 Å². The minimum atomic E-state index is -0.264. The lowest BCUT2D eigenvalue weighted by Crippen LogP contribution is -2.32. The van der Waals surface area contributed by atoms with Gasteiger partial charge in [-0.25, -0.2) is 0 Å². The molecule has 5 heteroatoms. The maximum absolute atomic E-state index is 11.9. The van der Waals surface area contributed by atoms with Crippen molar-refractivity contribution in [3.63, 3.8) is 0 Å². The summed E-state index contributed by atoms with van der Waals surface area (Å²) in [6.07, 6.45) is 6.65. The Morgan fingerprint density at radius 2 is 2.35 bits per heavy atom. The molecular formula is C12H10N2O2S. The number of pyridine rings is 1. The minimum absolute atomic E-state index is 0.00764. The molecule has 2 aromatic rings. The summed E-state index contributed by atoms with van der Waals surface area (Å²) in [6, 6.07) is 3.59. The molecule has 2 heterocycles. The molecule has 0 aliphatic rings. The number of aromatic nitrogens is 1. The molecular weight excluding hydrogens is 236 g/mol. The van der Waals surface area contributed by atoms with Crippen molar-refractivity contribution in [2.75, 3.05) is 6.54 Å². The summed E-state index contributed by atoms with van der Waals surface area (Å²) in [5.41, 5.74) is -0.153. The summed E-state index contributed by atoms with van der Waals surface area (Å²) in [5, 5.41) is 5.01. The van der Waals surface area contributed by atoms with Crippen molar-refractivity contribution in [3.05, 3.63) is 34.1 Å². The monoisotopic (exact) mass is 246 g/mol. The molecule has 0 aliphatic carbocycles. The fraction of sp³-hybridized carbons (Fsp3) is 0.167. The summed E-state index contributed by atoms with van der Waals surface area (Å²) >= 11 is 1.50. The highest BCUT2D eigenvalue weighted by atomic mass is 32.1. The van der Waals surface area contributed by atoms with Crippen LogP contribution in [0.3, 0.4) is 0 Å². The van der Waals surface area contributed by atoms with Crippen molar-refractivity contribution in [3.8, 4) is 12.3 Å². The van der Waals surface area contributed by atoms with Crippen LogP contribution in [0, 0.1) is 12.3 Å². The number of carbonyl (C=O) groups excluding carboxylic acids is 1. The smallest absolute Gasteiger partial charge is 0.259 e. The van der Waals surface area contributed by atoms with E-state index in [0.29, 0.717) is 5.39 Å². The van der Waals surface area contributed by atoms with Gasteiger partial charge in [0.1, 0.15) is 6.54 Å². The van der Waals surface area contributed by atoms with E-state index < -0.39 is 0 Å². The van der Waals surface area contributed by atoms with Gasteiger partial charge in [0.2, 0.25) is 5.91 Å². The van der Waals surface area contributed by atoms with Crippen LogP contribution in [-0.4, -0.2) is 17.0 Å². The first-order chi connectivity index (χ1) is 8.22. The number of terminal acetylenes is 1. The Hall–Kier alpha value is -2.06. The van der Waals surface area contributed by atoms with Gasteiger partial charge in [0.15, 0.2) is 0 Å². The largest absolute Gasteiger partial charge is 0.344 e. The van der Waals surface area contributed by atoms with Crippen molar-refractivity contribution in [2.24, 2.45) is 0 Å². The van der Waals surface area contributed by atoms with E-state index in [4.69, 9.17) is 6.42 Å². The van der Waals surface area contributed by atoms with E-state index in [0.717, 1.165) is 4.70 Å². The van der Waals surface area contributed by atoms with Crippen molar-refractivity contribution >= 4 is 27.3 Å². The highest BCUT2D eigenvalue weighted by molar-refractivity contribution is 7.17. The summed E-state index contributed by atoms with van der Waals surface area (Å²) in [5.74, 6) is 2.04. The van der Waals surface area contributed by atoms with E-state index in [-0.39, 0.29) is 24.6 Å². The zero-order valence-corrected chi connectivity index (χ0v) is 9.79. The molecule has 0 bridgehead atoms. The second kappa shape index (κ2) is 4.85. The van der Waals surface area contributed by atoms with Crippen molar-refractivity contribution in [2.45, 2.75) is 6.54 Å². The predicted molar refractivity (Wildman–Crippen MR) is 67.9 cm³/mol. The number of hydrogen-bond donors (Lipinski definition) is 1. The molecule has 0 saturated heterocycles. The number of carbonyl (C=O) groups is 1. The van der Waals surface area contributed by atoms with Gasteiger partial charge in [0.05, 0.1) is 11.9 Å². The number of nitrogens with zero attached hydrogens (tertiary/aromatic N) is 1. The van der Waals surface area contributed by atoms with E-state index in [2.05, 4.69) is 11.2 Å². The Kier molecular flexibility index (Phi) is 3.26. The summed E-state index contributed by atoms with van der Waals surface area (Å²) in [4.78, 5) is 23.4. The van der Waals surface area contributed by atoms with Crippen LogP contribution < -0.4 is 10.9 Å². The van der Waals surface area contributed by atoms with Crippen LogP contribution in [0.15, 0.2) is 28.5 Å². The number of hydrogen-bond acceptors (Lipinski definition) is 3. The van der Waals surface area contributed by atoms with Crippen LogP contribution in [0.5, 0.6) is 0 Å². The normalized spacial score (nSPS) is 10.1. The lowest BCUT2D eigenvalue weighted by Gasteiger charge is -2.05. The van der Waals surface area contributed by atoms with Crippen molar-refractivity contribution < 1.29 is 4.79 Å². The third-order valence-corrected chi connectivity index (χ3v) is 3.18. The standard InChI is InChI=1S/C12H10N2O2S/c1-2-5-13-11(15)8-14-6-3-10-9(12(14)16)4-7-17-10/h1,3-4,6-7H,5,8H2,(H,13,15). The summed E-state index contributed by atoms with van der Waals surface area (Å²) in [6.45, 7) is 0.167. The van der Waals surface area contributed by atoms with Crippen LogP contribution >= 0.6 is 11.3 Å². The molecule has 2 rings (SSSR count). The van der Waals surface area contributed by atoms with E-state index in [1.165, 1.54) is 15.9 Å². The molecule has 17 heavy (non-hydrogen) atoms. The van der Waals surface area contributed by atoms with Crippen LogP contribution in [0.25, 0.3) is 10.1 Å². The van der Waals surface area contributed by atoms with Gasteiger partial charge in [-0.05, 0) is 17.5 Å². The molecule has 2 aromatic heterocycles. The molecule has 0 aliphatic heterocycles. The highest BCUT2D eigenvalue weighted by Crippen LogP contribution is 2.15. The van der Waals surface area contributed by atoms with Gasteiger partial charge in [-0.2, -0.15) is 0 Å². The van der Waals surface area contributed by atoms with Crippen LogP contribution in [0.1, 0.15) is 0 Å².